The van der Waals surface area contributed by atoms with Gasteiger partial charge in [0.25, 0.3) is 15.9 Å². The predicted octanol–water partition coefficient (Wildman–Crippen LogP) is 2.55. The Labute approximate surface area is 150 Å². The van der Waals surface area contributed by atoms with Crippen LogP contribution in [0.2, 0.25) is 5.02 Å². The molecule has 0 unspecified atom stereocenters. The molecular weight excluding hydrogens is 370 g/mol. The van der Waals surface area contributed by atoms with E-state index in [1.165, 1.54) is 35.2 Å². The summed E-state index contributed by atoms with van der Waals surface area (Å²) in [7, 11) is -0.395. The molecule has 0 atom stereocenters. The normalized spacial score (nSPS) is 18.5. The van der Waals surface area contributed by atoms with Crippen LogP contribution in [0.5, 0.6) is 0 Å². The summed E-state index contributed by atoms with van der Waals surface area (Å²) in [5, 5.41) is 0.527. The highest BCUT2D eigenvalue weighted by molar-refractivity contribution is 8.19. The van der Waals surface area contributed by atoms with Gasteiger partial charge in [-0.05, 0) is 36.0 Å². The molecule has 1 amide bonds. The van der Waals surface area contributed by atoms with Gasteiger partial charge in [-0.15, -0.1) is 11.0 Å². The number of carbonyl (C=O) groups excluding carboxylic acids is 1. The summed E-state index contributed by atoms with van der Waals surface area (Å²) < 4.78 is 28.7. The maximum atomic E-state index is 12.4. The van der Waals surface area contributed by atoms with Gasteiger partial charge in [-0.25, -0.2) is 0 Å². The van der Waals surface area contributed by atoms with E-state index in [9.17, 15) is 13.2 Å². The number of thioether (sulfide) groups is 1. The number of halogens is 1. The molecule has 0 saturated carbocycles. The van der Waals surface area contributed by atoms with Crippen molar-refractivity contribution >= 4 is 44.5 Å². The molecule has 1 fully saturated rings. The Balaban J connectivity index is 2.43. The molecule has 1 saturated heterocycles. The number of hydrogen-bond acceptors (Lipinski definition) is 5. The van der Waals surface area contributed by atoms with Crippen LogP contribution in [-0.2, 0) is 14.8 Å². The van der Waals surface area contributed by atoms with Gasteiger partial charge in [0.15, 0.2) is 5.17 Å². The van der Waals surface area contributed by atoms with Gasteiger partial charge < -0.3 is 4.90 Å². The molecular formula is C15H16ClN3O3S2. The minimum atomic E-state index is -3.95. The lowest BCUT2D eigenvalue weighted by molar-refractivity contribution is -0.121. The van der Waals surface area contributed by atoms with Crippen LogP contribution in [0.4, 0.5) is 0 Å². The topological polar surface area (TPSA) is 70.1 Å². The molecule has 0 aromatic heterocycles. The number of carbonyl (C=O) groups is 1. The SMILES string of the molecule is C=CCN1C(=O)C(=CN(C)C)SC1=NS(=O)(=O)c1ccc(Cl)cc1. The van der Waals surface area contributed by atoms with E-state index in [2.05, 4.69) is 11.0 Å². The Bertz CT molecular complexity index is 815. The van der Waals surface area contributed by atoms with Gasteiger partial charge in [0.1, 0.15) is 0 Å². The number of rotatable bonds is 5. The third kappa shape index (κ3) is 4.19. The summed E-state index contributed by atoms with van der Waals surface area (Å²) in [6.45, 7) is 3.76. The highest BCUT2D eigenvalue weighted by Crippen LogP contribution is 2.32. The number of amidine groups is 1. The van der Waals surface area contributed by atoms with Crippen LogP contribution in [0, 0.1) is 0 Å². The smallest absolute Gasteiger partial charge is 0.284 e. The van der Waals surface area contributed by atoms with E-state index in [-0.39, 0.29) is 22.5 Å². The van der Waals surface area contributed by atoms with Crippen LogP contribution in [0.25, 0.3) is 0 Å². The van der Waals surface area contributed by atoms with Gasteiger partial charge in [0, 0.05) is 31.9 Å². The fourth-order valence-corrected chi connectivity index (χ4v) is 4.24. The van der Waals surface area contributed by atoms with Crippen LogP contribution in [0.1, 0.15) is 0 Å². The summed E-state index contributed by atoms with van der Waals surface area (Å²) in [6, 6.07) is 5.69. The average molecular weight is 386 g/mol. The lowest BCUT2D eigenvalue weighted by atomic mass is 10.4. The van der Waals surface area contributed by atoms with E-state index in [0.29, 0.717) is 9.93 Å². The van der Waals surface area contributed by atoms with Gasteiger partial charge in [-0.3, -0.25) is 9.69 Å². The summed E-state index contributed by atoms with van der Waals surface area (Å²) >= 11 is 6.78. The molecule has 1 aromatic rings. The first kappa shape index (κ1) is 18.6. The van der Waals surface area contributed by atoms with Crippen LogP contribution >= 0.6 is 23.4 Å². The van der Waals surface area contributed by atoms with Gasteiger partial charge in [0.2, 0.25) is 0 Å². The molecule has 0 aliphatic carbocycles. The first-order valence-electron chi connectivity index (χ1n) is 6.84. The Morgan fingerprint density at radius 3 is 2.50 bits per heavy atom. The first-order chi connectivity index (χ1) is 11.2. The van der Waals surface area contributed by atoms with Crippen LogP contribution in [0.3, 0.4) is 0 Å². The van der Waals surface area contributed by atoms with Crippen molar-refractivity contribution in [3.8, 4) is 0 Å². The minimum absolute atomic E-state index is 0.0102. The van der Waals surface area contributed by atoms with Crippen molar-refractivity contribution in [1.82, 2.24) is 9.80 Å². The number of hydrogen-bond donors (Lipinski definition) is 0. The lowest BCUT2D eigenvalue weighted by Gasteiger charge is -2.12. The summed E-state index contributed by atoms with van der Waals surface area (Å²) in [6.07, 6.45) is 3.14. The highest BCUT2D eigenvalue weighted by atomic mass is 35.5. The summed E-state index contributed by atoms with van der Waals surface area (Å²) in [5.74, 6) is -0.307. The molecule has 1 aliphatic rings. The van der Waals surface area contributed by atoms with Crippen molar-refractivity contribution in [3.63, 3.8) is 0 Å². The summed E-state index contributed by atoms with van der Waals surface area (Å²) in [5.41, 5.74) is 0. The molecule has 0 bridgehead atoms. The van der Waals surface area contributed by atoms with Crippen molar-refractivity contribution in [1.29, 1.82) is 0 Å². The molecule has 128 valence electrons. The Morgan fingerprint density at radius 2 is 1.96 bits per heavy atom. The van der Waals surface area contributed by atoms with Crippen molar-refractivity contribution < 1.29 is 13.2 Å². The van der Waals surface area contributed by atoms with Crippen LogP contribution in [-0.4, -0.2) is 49.9 Å². The first-order valence-corrected chi connectivity index (χ1v) is 9.47. The minimum Gasteiger partial charge on any atom is -0.382 e. The molecule has 0 N–H and O–H groups in total. The van der Waals surface area contributed by atoms with E-state index in [1.807, 2.05) is 0 Å². The lowest BCUT2D eigenvalue weighted by Crippen LogP contribution is -2.30. The van der Waals surface area contributed by atoms with E-state index >= 15 is 0 Å². The second kappa shape index (κ2) is 7.42. The van der Waals surface area contributed by atoms with E-state index in [4.69, 9.17) is 11.6 Å². The fraction of sp³-hybridized carbons (Fsp3) is 0.200. The zero-order valence-electron chi connectivity index (χ0n) is 13.1. The largest absolute Gasteiger partial charge is 0.382 e. The predicted molar refractivity (Wildman–Crippen MR) is 97.3 cm³/mol. The molecule has 24 heavy (non-hydrogen) atoms. The molecule has 0 radical (unpaired) electrons. The molecule has 1 heterocycles. The number of amides is 1. The average Bonchev–Trinajstić information content (AvgIpc) is 2.75. The second-order valence-electron chi connectivity index (χ2n) is 5.07. The van der Waals surface area contributed by atoms with Crippen LogP contribution < -0.4 is 0 Å². The molecule has 6 nitrogen and oxygen atoms in total. The van der Waals surface area contributed by atoms with E-state index < -0.39 is 10.0 Å². The Hall–Kier alpha value is -1.77. The van der Waals surface area contributed by atoms with Crippen molar-refractivity contribution in [2.75, 3.05) is 20.6 Å². The third-order valence-electron chi connectivity index (χ3n) is 2.88. The van der Waals surface area contributed by atoms with E-state index in [0.717, 1.165) is 11.8 Å². The fourth-order valence-electron chi connectivity index (χ4n) is 1.85. The molecule has 1 aromatic carbocycles. The monoisotopic (exact) mass is 385 g/mol. The molecule has 1 aliphatic heterocycles. The highest BCUT2D eigenvalue weighted by Gasteiger charge is 2.34. The van der Waals surface area contributed by atoms with Gasteiger partial charge >= 0.3 is 0 Å². The van der Waals surface area contributed by atoms with Crippen molar-refractivity contribution in [3.05, 3.63) is 53.0 Å². The van der Waals surface area contributed by atoms with Crippen molar-refractivity contribution in [2.45, 2.75) is 4.90 Å². The maximum absolute atomic E-state index is 12.4. The Morgan fingerprint density at radius 1 is 1.33 bits per heavy atom. The third-order valence-corrected chi connectivity index (χ3v) is 5.53. The van der Waals surface area contributed by atoms with Crippen molar-refractivity contribution in [2.24, 2.45) is 4.40 Å². The zero-order chi connectivity index (χ0) is 17.9. The molecule has 2 rings (SSSR count). The van der Waals surface area contributed by atoms with E-state index in [1.54, 1.807) is 25.2 Å². The number of nitrogens with zero attached hydrogens (tertiary/aromatic N) is 3. The molecule has 9 heteroatoms. The molecule has 0 spiro atoms. The quantitative estimate of drug-likeness (QED) is 0.575. The standard InChI is InChI=1S/C15H16ClN3O3S2/c1-4-9-19-14(20)13(10-18(2)3)23-15(19)17-24(21,22)12-7-5-11(16)6-8-12/h4-8,10H,1,9H2,2-3H3. The number of benzene rings is 1. The second-order valence-corrected chi connectivity index (χ2v) is 8.12. The van der Waals surface area contributed by atoms with Gasteiger partial charge in [0.05, 0.1) is 9.80 Å². The van der Waals surface area contributed by atoms with Crippen LogP contribution in [0.15, 0.2) is 57.3 Å². The van der Waals surface area contributed by atoms with Gasteiger partial charge in [-0.2, -0.15) is 8.42 Å². The van der Waals surface area contributed by atoms with Gasteiger partial charge in [-0.1, -0.05) is 17.7 Å². The number of sulfonamides is 1. The summed E-state index contributed by atoms with van der Waals surface area (Å²) in [4.78, 5) is 15.8. The zero-order valence-corrected chi connectivity index (χ0v) is 15.5. The maximum Gasteiger partial charge on any atom is 0.284 e. The Kier molecular flexibility index (Phi) is 5.74.